The molecule has 0 saturated carbocycles. The predicted molar refractivity (Wildman–Crippen MR) is 46.1 cm³/mol. The highest BCUT2D eigenvalue weighted by Gasteiger charge is 2.02. The van der Waals surface area contributed by atoms with Gasteiger partial charge in [0.2, 0.25) is 0 Å². The van der Waals surface area contributed by atoms with E-state index in [9.17, 15) is 8.78 Å². The van der Waals surface area contributed by atoms with Crippen molar-refractivity contribution in [3.63, 3.8) is 0 Å². The minimum absolute atomic E-state index is 0.0434. The van der Waals surface area contributed by atoms with Crippen molar-refractivity contribution in [3.05, 3.63) is 41.5 Å². The Balaban J connectivity index is 3.04. The number of alkyl halides is 1. The van der Waals surface area contributed by atoms with Gasteiger partial charge >= 0.3 is 0 Å². The number of hydrogen-bond acceptors (Lipinski definition) is 0. The van der Waals surface area contributed by atoms with Crippen LogP contribution < -0.4 is 0 Å². The molecular weight excluding hydrogens is 182 g/mol. The largest absolute Gasteiger partial charge is 0.206 e. The molecule has 0 N–H and O–H groups in total. The molecule has 0 aromatic heterocycles. The van der Waals surface area contributed by atoms with Crippen molar-refractivity contribution in [3.8, 4) is 0 Å². The molecule has 0 nitrogen and oxygen atoms in total. The molecule has 0 unspecified atom stereocenters. The van der Waals surface area contributed by atoms with Crippen molar-refractivity contribution in [1.82, 2.24) is 0 Å². The summed E-state index contributed by atoms with van der Waals surface area (Å²) in [5, 5.41) is 0. The molecule has 0 radical (unpaired) electrons. The average Bonchev–Trinajstić information content (AvgIpc) is 2.04. The van der Waals surface area contributed by atoms with E-state index in [1.165, 1.54) is 30.4 Å². The van der Waals surface area contributed by atoms with E-state index in [0.717, 1.165) is 0 Å². The van der Waals surface area contributed by atoms with Gasteiger partial charge in [-0.05, 0) is 12.1 Å². The third-order valence-electron chi connectivity index (χ3n) is 1.37. The maximum Gasteiger partial charge on any atom is 0.133 e. The smallest absolute Gasteiger partial charge is 0.133 e. The highest BCUT2D eigenvalue weighted by molar-refractivity contribution is 6.19. The van der Waals surface area contributed by atoms with E-state index < -0.39 is 11.6 Å². The summed E-state index contributed by atoms with van der Waals surface area (Å²) in [4.78, 5) is 0. The van der Waals surface area contributed by atoms with E-state index in [2.05, 4.69) is 0 Å². The van der Waals surface area contributed by atoms with Crippen LogP contribution >= 0.6 is 11.6 Å². The molecule has 0 heterocycles. The summed E-state index contributed by atoms with van der Waals surface area (Å²) in [7, 11) is 0. The first-order valence-corrected chi connectivity index (χ1v) is 3.95. The molecule has 1 aromatic carbocycles. The summed E-state index contributed by atoms with van der Waals surface area (Å²) < 4.78 is 25.7. The lowest BCUT2D eigenvalue weighted by Gasteiger charge is -1.96. The SMILES string of the molecule is Fc1cccc(F)c1C=CCCl. The standard InChI is InChI=1S/C9H7ClF2/c10-6-2-3-7-8(11)4-1-5-9(7)12/h1-5H,6H2. The van der Waals surface area contributed by atoms with Crippen LogP contribution in [0.4, 0.5) is 8.78 Å². The van der Waals surface area contributed by atoms with Crippen molar-refractivity contribution in [2.24, 2.45) is 0 Å². The normalized spacial score (nSPS) is 10.9. The number of halogens is 3. The van der Waals surface area contributed by atoms with Gasteiger partial charge in [-0.3, -0.25) is 0 Å². The molecule has 64 valence electrons. The maximum absolute atomic E-state index is 12.8. The number of hydrogen-bond donors (Lipinski definition) is 0. The zero-order chi connectivity index (χ0) is 8.97. The van der Waals surface area contributed by atoms with Gasteiger partial charge in [0, 0.05) is 11.4 Å². The van der Waals surface area contributed by atoms with Crippen LogP contribution in [-0.2, 0) is 0 Å². The molecular formula is C9H7ClF2. The summed E-state index contributed by atoms with van der Waals surface area (Å²) in [6.07, 6.45) is 2.82. The van der Waals surface area contributed by atoms with Gasteiger partial charge in [0.25, 0.3) is 0 Å². The first-order chi connectivity index (χ1) is 5.75. The predicted octanol–water partition coefficient (Wildman–Crippen LogP) is 3.22. The Hall–Kier alpha value is -0.890. The summed E-state index contributed by atoms with van der Waals surface area (Å²) >= 11 is 5.32. The molecule has 1 aromatic rings. The molecule has 0 aliphatic rings. The van der Waals surface area contributed by atoms with E-state index in [0.29, 0.717) is 0 Å². The molecule has 0 fully saturated rings. The van der Waals surface area contributed by atoms with Crippen LogP contribution in [0, 0.1) is 11.6 Å². The molecule has 0 saturated heterocycles. The van der Waals surface area contributed by atoms with E-state index >= 15 is 0 Å². The van der Waals surface area contributed by atoms with Gasteiger partial charge < -0.3 is 0 Å². The van der Waals surface area contributed by atoms with E-state index in [1.807, 2.05) is 0 Å². The molecule has 0 amide bonds. The van der Waals surface area contributed by atoms with E-state index in [1.54, 1.807) is 0 Å². The Morgan fingerprint density at radius 3 is 2.33 bits per heavy atom. The highest BCUT2D eigenvalue weighted by Crippen LogP contribution is 2.13. The van der Waals surface area contributed by atoms with Crippen molar-refractivity contribution >= 4 is 17.7 Å². The Morgan fingerprint density at radius 2 is 1.83 bits per heavy atom. The summed E-state index contributed by atoms with van der Waals surface area (Å²) in [6.45, 7) is 0. The van der Waals surface area contributed by atoms with Gasteiger partial charge in [-0.1, -0.05) is 18.2 Å². The van der Waals surface area contributed by atoms with Gasteiger partial charge in [0.1, 0.15) is 11.6 Å². The number of rotatable bonds is 2. The molecule has 1 rings (SSSR count). The van der Waals surface area contributed by atoms with E-state index in [-0.39, 0.29) is 11.4 Å². The number of allylic oxidation sites excluding steroid dienone is 1. The average molecular weight is 189 g/mol. The lowest BCUT2D eigenvalue weighted by atomic mass is 10.2. The summed E-state index contributed by atoms with van der Waals surface area (Å²) in [5.41, 5.74) is -0.0434. The Morgan fingerprint density at radius 1 is 1.25 bits per heavy atom. The lowest BCUT2D eigenvalue weighted by molar-refractivity contribution is 0.578. The minimum Gasteiger partial charge on any atom is -0.206 e. The summed E-state index contributed by atoms with van der Waals surface area (Å²) in [5.74, 6) is -0.902. The first kappa shape index (κ1) is 9.20. The second-order valence-corrected chi connectivity index (χ2v) is 2.50. The lowest BCUT2D eigenvalue weighted by Crippen LogP contribution is -1.86. The van der Waals surface area contributed by atoms with Crippen LogP contribution in [0.15, 0.2) is 24.3 Å². The fraction of sp³-hybridized carbons (Fsp3) is 0.111. The van der Waals surface area contributed by atoms with Gasteiger partial charge in [0.05, 0.1) is 0 Å². The van der Waals surface area contributed by atoms with Crippen molar-refractivity contribution in [1.29, 1.82) is 0 Å². The molecule has 0 spiro atoms. The molecule has 0 aliphatic carbocycles. The molecule has 0 bridgehead atoms. The monoisotopic (exact) mass is 188 g/mol. The van der Waals surface area contributed by atoms with Crippen molar-refractivity contribution < 1.29 is 8.78 Å². The quantitative estimate of drug-likeness (QED) is 0.626. The van der Waals surface area contributed by atoms with Crippen LogP contribution in [-0.4, -0.2) is 5.88 Å². The van der Waals surface area contributed by atoms with Crippen LogP contribution in [0.3, 0.4) is 0 Å². The molecule has 3 heteroatoms. The van der Waals surface area contributed by atoms with Gasteiger partial charge in [0.15, 0.2) is 0 Å². The van der Waals surface area contributed by atoms with Crippen LogP contribution in [0.2, 0.25) is 0 Å². The zero-order valence-electron chi connectivity index (χ0n) is 6.23. The van der Waals surface area contributed by atoms with Gasteiger partial charge in [-0.25, -0.2) is 8.78 Å². The van der Waals surface area contributed by atoms with Gasteiger partial charge in [-0.2, -0.15) is 0 Å². The molecule has 0 atom stereocenters. The highest BCUT2D eigenvalue weighted by atomic mass is 35.5. The Bertz CT molecular complexity index is 274. The maximum atomic E-state index is 12.8. The molecule has 0 aliphatic heterocycles. The second-order valence-electron chi connectivity index (χ2n) is 2.19. The first-order valence-electron chi connectivity index (χ1n) is 3.42. The fourth-order valence-electron chi connectivity index (χ4n) is 0.832. The Labute approximate surface area is 74.5 Å². The van der Waals surface area contributed by atoms with Crippen molar-refractivity contribution in [2.45, 2.75) is 0 Å². The van der Waals surface area contributed by atoms with Crippen LogP contribution in [0.5, 0.6) is 0 Å². The topological polar surface area (TPSA) is 0 Å². The minimum atomic E-state index is -0.573. The van der Waals surface area contributed by atoms with Gasteiger partial charge in [-0.15, -0.1) is 11.6 Å². The molecule has 12 heavy (non-hydrogen) atoms. The van der Waals surface area contributed by atoms with Crippen LogP contribution in [0.25, 0.3) is 6.08 Å². The summed E-state index contributed by atoms with van der Waals surface area (Å²) in [6, 6.07) is 3.73. The van der Waals surface area contributed by atoms with Crippen LogP contribution in [0.1, 0.15) is 5.56 Å². The Kier molecular flexibility index (Phi) is 3.23. The zero-order valence-corrected chi connectivity index (χ0v) is 6.98. The third-order valence-corrected chi connectivity index (χ3v) is 1.55. The second kappa shape index (κ2) is 4.21. The number of benzene rings is 1. The fourth-order valence-corrected chi connectivity index (χ4v) is 0.921. The third kappa shape index (κ3) is 2.05. The van der Waals surface area contributed by atoms with E-state index in [4.69, 9.17) is 11.6 Å². The van der Waals surface area contributed by atoms with Crippen molar-refractivity contribution in [2.75, 3.05) is 5.88 Å².